The van der Waals surface area contributed by atoms with Crippen molar-refractivity contribution in [2.75, 3.05) is 5.32 Å². The average molecular weight is 243 g/mol. The minimum atomic E-state index is 0.488. The number of aromatic nitrogens is 1. The third kappa shape index (κ3) is 3.01. The van der Waals surface area contributed by atoms with Crippen molar-refractivity contribution >= 4 is 5.82 Å². The predicted octanol–water partition coefficient (Wildman–Crippen LogP) is 3.50. The summed E-state index contributed by atoms with van der Waals surface area (Å²) in [7, 11) is 0. The Hall–Kier alpha value is -1.56. The quantitative estimate of drug-likeness (QED) is 0.864. The molecule has 1 N–H and O–H groups in total. The van der Waals surface area contributed by atoms with E-state index in [2.05, 4.69) is 30.2 Å². The molecule has 0 aromatic carbocycles. The number of hydrogen-bond acceptors (Lipinski definition) is 3. The van der Waals surface area contributed by atoms with E-state index in [0.29, 0.717) is 17.5 Å². The highest BCUT2D eigenvalue weighted by molar-refractivity contribution is 5.45. The Morgan fingerprint density at radius 3 is 2.78 bits per heavy atom. The summed E-state index contributed by atoms with van der Waals surface area (Å²) in [6.45, 7) is 6.55. The highest BCUT2D eigenvalue weighted by atomic mass is 15.0. The van der Waals surface area contributed by atoms with Crippen LogP contribution < -0.4 is 5.32 Å². The van der Waals surface area contributed by atoms with Crippen molar-refractivity contribution in [2.24, 2.45) is 11.8 Å². The van der Waals surface area contributed by atoms with Crippen molar-refractivity contribution in [3.63, 3.8) is 0 Å². The van der Waals surface area contributed by atoms with Crippen molar-refractivity contribution < 1.29 is 0 Å². The Morgan fingerprint density at radius 2 is 2.11 bits per heavy atom. The number of anilines is 1. The molecular weight excluding hydrogens is 222 g/mol. The van der Waals surface area contributed by atoms with E-state index in [1.165, 1.54) is 19.3 Å². The fraction of sp³-hybridized carbons (Fsp3) is 0.600. The van der Waals surface area contributed by atoms with E-state index in [1.807, 2.05) is 19.1 Å². The number of nitriles is 1. The molecule has 3 atom stereocenters. The molecule has 96 valence electrons. The van der Waals surface area contributed by atoms with E-state index in [9.17, 15) is 0 Å². The van der Waals surface area contributed by atoms with Gasteiger partial charge in [0.25, 0.3) is 0 Å². The van der Waals surface area contributed by atoms with Gasteiger partial charge in [-0.15, -0.1) is 0 Å². The van der Waals surface area contributed by atoms with E-state index in [0.717, 1.165) is 17.4 Å². The molecule has 1 aromatic heterocycles. The van der Waals surface area contributed by atoms with Gasteiger partial charge in [-0.2, -0.15) is 5.26 Å². The van der Waals surface area contributed by atoms with E-state index in [1.54, 1.807) is 0 Å². The number of nitrogens with zero attached hydrogens (tertiary/aromatic N) is 2. The standard InChI is InChI=1S/C15H21N3/c1-10-4-5-14(11(2)6-10)18-15-8-13(9-16)7-12(3)17-15/h7-8,10-11,14H,4-6H2,1-3H3,(H,17,18). The summed E-state index contributed by atoms with van der Waals surface area (Å²) >= 11 is 0. The molecule has 3 heteroatoms. The van der Waals surface area contributed by atoms with Crippen LogP contribution in [0.4, 0.5) is 5.82 Å². The van der Waals surface area contributed by atoms with Gasteiger partial charge in [-0.1, -0.05) is 13.8 Å². The van der Waals surface area contributed by atoms with E-state index >= 15 is 0 Å². The van der Waals surface area contributed by atoms with Gasteiger partial charge in [0, 0.05) is 11.7 Å². The fourth-order valence-corrected chi connectivity index (χ4v) is 2.88. The Kier molecular flexibility index (Phi) is 3.86. The molecule has 1 aromatic rings. The molecule has 1 saturated carbocycles. The summed E-state index contributed by atoms with van der Waals surface area (Å²) in [4.78, 5) is 4.47. The zero-order valence-corrected chi connectivity index (χ0v) is 11.4. The first-order valence-corrected chi connectivity index (χ1v) is 6.74. The molecular formula is C15H21N3. The Balaban J connectivity index is 2.10. The smallest absolute Gasteiger partial charge is 0.127 e. The second kappa shape index (κ2) is 5.39. The molecule has 0 aliphatic heterocycles. The lowest BCUT2D eigenvalue weighted by Crippen LogP contribution is -2.33. The van der Waals surface area contributed by atoms with Crippen LogP contribution in [-0.2, 0) is 0 Å². The van der Waals surface area contributed by atoms with Gasteiger partial charge in [-0.05, 0) is 50.2 Å². The zero-order valence-electron chi connectivity index (χ0n) is 11.4. The van der Waals surface area contributed by atoms with E-state index < -0.39 is 0 Å². The van der Waals surface area contributed by atoms with Crippen molar-refractivity contribution in [1.29, 1.82) is 5.26 Å². The molecule has 0 bridgehead atoms. The van der Waals surface area contributed by atoms with Crippen LogP contribution in [0.2, 0.25) is 0 Å². The first-order valence-electron chi connectivity index (χ1n) is 6.74. The molecule has 0 saturated heterocycles. The average Bonchev–Trinajstić information content (AvgIpc) is 2.32. The highest BCUT2D eigenvalue weighted by Gasteiger charge is 2.25. The summed E-state index contributed by atoms with van der Waals surface area (Å²) in [5.74, 6) is 2.35. The number of nitrogens with one attached hydrogen (secondary N) is 1. The van der Waals surface area contributed by atoms with Gasteiger partial charge in [0.1, 0.15) is 5.82 Å². The van der Waals surface area contributed by atoms with Crippen LogP contribution in [-0.4, -0.2) is 11.0 Å². The maximum atomic E-state index is 8.97. The van der Waals surface area contributed by atoms with Crippen LogP contribution >= 0.6 is 0 Å². The van der Waals surface area contributed by atoms with Crippen molar-refractivity contribution in [1.82, 2.24) is 4.98 Å². The van der Waals surface area contributed by atoms with Gasteiger partial charge >= 0.3 is 0 Å². The number of pyridine rings is 1. The maximum Gasteiger partial charge on any atom is 0.127 e. The third-order valence-corrected chi connectivity index (χ3v) is 3.85. The number of rotatable bonds is 2. The maximum absolute atomic E-state index is 8.97. The Bertz CT molecular complexity index is 461. The molecule has 0 spiro atoms. The second-order valence-electron chi connectivity index (χ2n) is 5.64. The van der Waals surface area contributed by atoms with Crippen LogP contribution in [0.3, 0.4) is 0 Å². The first kappa shape index (κ1) is 12.9. The zero-order chi connectivity index (χ0) is 13.1. The van der Waals surface area contributed by atoms with Crippen LogP contribution in [0, 0.1) is 30.1 Å². The van der Waals surface area contributed by atoms with Crippen LogP contribution in [0.5, 0.6) is 0 Å². The molecule has 1 heterocycles. The molecule has 1 aliphatic carbocycles. The molecule has 1 fully saturated rings. The lowest BCUT2D eigenvalue weighted by atomic mass is 9.80. The molecule has 18 heavy (non-hydrogen) atoms. The molecule has 0 amide bonds. The number of hydrogen-bond donors (Lipinski definition) is 1. The predicted molar refractivity (Wildman–Crippen MR) is 73.3 cm³/mol. The largest absolute Gasteiger partial charge is 0.367 e. The van der Waals surface area contributed by atoms with Crippen molar-refractivity contribution in [3.8, 4) is 6.07 Å². The fourth-order valence-electron chi connectivity index (χ4n) is 2.88. The van der Waals surface area contributed by atoms with E-state index in [-0.39, 0.29) is 0 Å². The summed E-state index contributed by atoms with van der Waals surface area (Å²) in [5.41, 5.74) is 1.58. The Labute approximate surface area is 109 Å². The highest BCUT2D eigenvalue weighted by Crippen LogP contribution is 2.30. The molecule has 3 nitrogen and oxygen atoms in total. The van der Waals surface area contributed by atoms with Crippen molar-refractivity contribution in [2.45, 2.75) is 46.1 Å². The van der Waals surface area contributed by atoms with Gasteiger partial charge in [-0.3, -0.25) is 0 Å². The second-order valence-corrected chi connectivity index (χ2v) is 5.64. The third-order valence-electron chi connectivity index (χ3n) is 3.85. The normalized spacial score (nSPS) is 27.6. The summed E-state index contributed by atoms with van der Waals surface area (Å²) < 4.78 is 0. The molecule has 2 rings (SSSR count). The van der Waals surface area contributed by atoms with Gasteiger partial charge in [-0.25, -0.2) is 4.98 Å². The van der Waals surface area contributed by atoms with Crippen molar-refractivity contribution in [3.05, 3.63) is 23.4 Å². The lowest BCUT2D eigenvalue weighted by molar-refractivity contribution is 0.276. The Morgan fingerprint density at radius 1 is 1.33 bits per heavy atom. The molecule has 0 radical (unpaired) electrons. The summed E-state index contributed by atoms with van der Waals surface area (Å²) in [5, 5.41) is 12.5. The summed E-state index contributed by atoms with van der Waals surface area (Å²) in [6.07, 6.45) is 3.74. The SMILES string of the molecule is Cc1cc(C#N)cc(NC2CCC(C)CC2C)n1. The van der Waals surface area contributed by atoms with Gasteiger partial charge in [0.2, 0.25) is 0 Å². The van der Waals surface area contributed by atoms with Crippen LogP contribution in [0.15, 0.2) is 12.1 Å². The first-order chi connectivity index (χ1) is 8.58. The monoisotopic (exact) mass is 243 g/mol. The lowest BCUT2D eigenvalue weighted by Gasteiger charge is -2.33. The number of aryl methyl sites for hydroxylation is 1. The van der Waals surface area contributed by atoms with Gasteiger partial charge in [0.15, 0.2) is 0 Å². The minimum Gasteiger partial charge on any atom is -0.367 e. The minimum absolute atomic E-state index is 0.488. The van der Waals surface area contributed by atoms with Gasteiger partial charge < -0.3 is 5.32 Å². The van der Waals surface area contributed by atoms with Gasteiger partial charge in [0.05, 0.1) is 11.6 Å². The topological polar surface area (TPSA) is 48.7 Å². The van der Waals surface area contributed by atoms with Crippen LogP contribution in [0.25, 0.3) is 0 Å². The van der Waals surface area contributed by atoms with E-state index in [4.69, 9.17) is 5.26 Å². The molecule has 1 aliphatic rings. The van der Waals surface area contributed by atoms with Crippen LogP contribution in [0.1, 0.15) is 44.4 Å². The molecule has 3 unspecified atom stereocenters. The summed E-state index contributed by atoms with van der Waals surface area (Å²) in [6, 6.07) is 6.33.